The molecular formula is C25H20N2O4. The van der Waals surface area contributed by atoms with Gasteiger partial charge in [-0.15, -0.1) is 0 Å². The van der Waals surface area contributed by atoms with Crippen LogP contribution in [0.4, 0.5) is 0 Å². The second kappa shape index (κ2) is 8.25. The van der Waals surface area contributed by atoms with Crippen LogP contribution in [0.25, 0.3) is 6.08 Å². The summed E-state index contributed by atoms with van der Waals surface area (Å²) in [6.07, 6.45) is 3.05. The van der Waals surface area contributed by atoms with Crippen molar-refractivity contribution in [2.75, 3.05) is 0 Å². The summed E-state index contributed by atoms with van der Waals surface area (Å²) in [5, 5.41) is 9.58. The third kappa shape index (κ3) is 4.21. The Kier molecular flexibility index (Phi) is 5.33. The Hall–Kier alpha value is -4.24. The van der Waals surface area contributed by atoms with Crippen LogP contribution in [0.5, 0.6) is 11.5 Å². The van der Waals surface area contributed by atoms with Gasteiger partial charge in [0.15, 0.2) is 0 Å². The number of nitrogens with zero attached hydrogens (tertiary/aromatic N) is 1. The van der Waals surface area contributed by atoms with Crippen LogP contribution in [0.3, 0.4) is 0 Å². The molecule has 1 unspecified atom stereocenters. The highest BCUT2D eigenvalue weighted by Crippen LogP contribution is 2.43. The lowest BCUT2D eigenvalue weighted by atomic mass is 9.87. The molecule has 0 fully saturated rings. The number of carbonyl (C=O) groups excluding carboxylic acids is 1. The van der Waals surface area contributed by atoms with E-state index in [1.807, 2.05) is 50.2 Å². The van der Waals surface area contributed by atoms with Crippen molar-refractivity contribution in [2.45, 2.75) is 19.8 Å². The summed E-state index contributed by atoms with van der Waals surface area (Å²) in [5.74, 6) is 1.02. The Morgan fingerprint density at radius 2 is 1.90 bits per heavy atom. The molecule has 6 nitrogen and oxygen atoms in total. The van der Waals surface area contributed by atoms with Crippen LogP contribution >= 0.6 is 0 Å². The van der Waals surface area contributed by atoms with E-state index in [4.69, 9.17) is 19.6 Å². The number of nitriles is 1. The van der Waals surface area contributed by atoms with Crippen LogP contribution < -0.4 is 15.2 Å². The SMILES string of the molecule is Cc1ccc(/C=C/C(=O)Oc2ccc3c(c2)OC(N)=C(C#N)C3c2ccc(C)o2)cc1. The molecule has 0 spiro atoms. The molecule has 2 aromatic carbocycles. The van der Waals surface area contributed by atoms with Gasteiger partial charge in [0.2, 0.25) is 5.88 Å². The largest absolute Gasteiger partial charge is 0.465 e. The maximum Gasteiger partial charge on any atom is 0.336 e. The number of rotatable bonds is 4. The van der Waals surface area contributed by atoms with E-state index in [1.54, 1.807) is 24.3 Å². The van der Waals surface area contributed by atoms with Gasteiger partial charge in [-0.3, -0.25) is 0 Å². The van der Waals surface area contributed by atoms with E-state index in [9.17, 15) is 10.1 Å². The third-order valence-electron chi connectivity index (χ3n) is 4.94. The molecule has 154 valence electrons. The maximum absolute atomic E-state index is 12.2. The van der Waals surface area contributed by atoms with Crippen LogP contribution in [0.1, 0.15) is 34.1 Å². The molecule has 6 heteroatoms. The number of ether oxygens (including phenoxy) is 2. The third-order valence-corrected chi connectivity index (χ3v) is 4.94. The van der Waals surface area contributed by atoms with Crippen molar-refractivity contribution < 1.29 is 18.7 Å². The van der Waals surface area contributed by atoms with Gasteiger partial charge in [-0.25, -0.2) is 4.79 Å². The minimum Gasteiger partial charge on any atom is -0.465 e. The van der Waals surface area contributed by atoms with Crippen molar-refractivity contribution in [2.24, 2.45) is 5.73 Å². The second-order valence-electron chi connectivity index (χ2n) is 7.24. The van der Waals surface area contributed by atoms with E-state index in [2.05, 4.69) is 6.07 Å². The molecule has 2 N–H and O–H groups in total. The number of hydrogen-bond donors (Lipinski definition) is 1. The quantitative estimate of drug-likeness (QED) is 0.378. The number of hydrogen-bond acceptors (Lipinski definition) is 6. The normalized spacial score (nSPS) is 15.3. The summed E-state index contributed by atoms with van der Waals surface area (Å²) < 4.78 is 16.8. The molecule has 3 aromatic rings. The van der Waals surface area contributed by atoms with Crippen molar-refractivity contribution in [1.82, 2.24) is 0 Å². The number of aryl methyl sites for hydroxylation is 2. The highest BCUT2D eigenvalue weighted by Gasteiger charge is 2.33. The van der Waals surface area contributed by atoms with Crippen molar-refractivity contribution in [1.29, 1.82) is 5.26 Å². The van der Waals surface area contributed by atoms with Gasteiger partial charge in [-0.1, -0.05) is 35.9 Å². The van der Waals surface area contributed by atoms with Crippen molar-refractivity contribution in [3.63, 3.8) is 0 Å². The minimum atomic E-state index is -0.518. The molecule has 4 rings (SSSR count). The lowest BCUT2D eigenvalue weighted by Gasteiger charge is -2.25. The van der Waals surface area contributed by atoms with Crippen LogP contribution in [0.15, 0.2) is 76.5 Å². The van der Waals surface area contributed by atoms with E-state index in [0.717, 1.165) is 16.9 Å². The average molecular weight is 412 g/mol. The lowest BCUT2D eigenvalue weighted by Crippen LogP contribution is -2.21. The molecule has 1 aliphatic heterocycles. The predicted octanol–water partition coefficient (Wildman–Crippen LogP) is 4.73. The predicted molar refractivity (Wildman–Crippen MR) is 115 cm³/mol. The van der Waals surface area contributed by atoms with Crippen LogP contribution in [0, 0.1) is 25.2 Å². The first-order valence-electron chi connectivity index (χ1n) is 9.69. The Morgan fingerprint density at radius 1 is 1.13 bits per heavy atom. The van der Waals surface area contributed by atoms with E-state index >= 15 is 0 Å². The van der Waals surface area contributed by atoms with Gasteiger partial charge in [0, 0.05) is 17.7 Å². The molecule has 0 aliphatic carbocycles. The zero-order valence-electron chi connectivity index (χ0n) is 17.1. The van der Waals surface area contributed by atoms with E-state index in [0.29, 0.717) is 22.8 Å². The van der Waals surface area contributed by atoms with Crippen LogP contribution in [-0.2, 0) is 4.79 Å². The van der Waals surface area contributed by atoms with Gasteiger partial charge in [0.1, 0.15) is 34.7 Å². The van der Waals surface area contributed by atoms with Gasteiger partial charge < -0.3 is 19.6 Å². The number of fused-ring (bicyclic) bond motifs is 1. The molecule has 1 atom stereocenters. The molecule has 0 radical (unpaired) electrons. The Bertz CT molecular complexity index is 1240. The molecule has 31 heavy (non-hydrogen) atoms. The molecule has 1 aromatic heterocycles. The number of carbonyl (C=O) groups is 1. The Labute approximate surface area is 179 Å². The Morgan fingerprint density at radius 3 is 2.58 bits per heavy atom. The summed E-state index contributed by atoms with van der Waals surface area (Å²) in [4.78, 5) is 12.2. The van der Waals surface area contributed by atoms with Crippen molar-refractivity contribution >= 4 is 12.0 Å². The zero-order valence-corrected chi connectivity index (χ0v) is 17.1. The van der Waals surface area contributed by atoms with Crippen molar-refractivity contribution in [3.05, 3.63) is 100 Å². The summed E-state index contributed by atoms with van der Waals surface area (Å²) in [6.45, 7) is 3.83. The van der Waals surface area contributed by atoms with E-state index < -0.39 is 11.9 Å². The number of allylic oxidation sites excluding steroid dienone is 1. The highest BCUT2D eigenvalue weighted by molar-refractivity contribution is 5.88. The molecular weight excluding hydrogens is 392 g/mol. The van der Waals surface area contributed by atoms with E-state index in [-0.39, 0.29) is 11.5 Å². The van der Waals surface area contributed by atoms with Crippen LogP contribution in [-0.4, -0.2) is 5.97 Å². The second-order valence-corrected chi connectivity index (χ2v) is 7.24. The first-order valence-corrected chi connectivity index (χ1v) is 9.69. The van der Waals surface area contributed by atoms with Gasteiger partial charge in [0.25, 0.3) is 0 Å². The maximum atomic E-state index is 12.2. The number of nitrogens with two attached hydrogens (primary N) is 1. The molecule has 0 bridgehead atoms. The number of benzene rings is 2. The summed E-state index contributed by atoms with van der Waals surface area (Å²) >= 11 is 0. The summed E-state index contributed by atoms with van der Waals surface area (Å²) in [7, 11) is 0. The lowest BCUT2D eigenvalue weighted by molar-refractivity contribution is -0.128. The smallest absolute Gasteiger partial charge is 0.336 e. The van der Waals surface area contributed by atoms with E-state index in [1.165, 1.54) is 6.08 Å². The molecule has 0 amide bonds. The summed E-state index contributed by atoms with van der Waals surface area (Å²) in [5.41, 5.74) is 9.00. The zero-order chi connectivity index (χ0) is 22.0. The summed E-state index contributed by atoms with van der Waals surface area (Å²) in [6, 6.07) is 18.5. The highest BCUT2D eigenvalue weighted by atomic mass is 16.5. The standard InChI is InChI=1S/C25H20N2O4/c1-15-3-6-17(7-4-15)8-12-23(28)30-18-9-10-19-22(13-18)31-25(27)20(14-26)24(19)21-11-5-16(2)29-21/h3-13,24H,27H2,1-2H3/b12-8+. The molecule has 0 saturated carbocycles. The average Bonchev–Trinajstić information content (AvgIpc) is 3.18. The topological polar surface area (TPSA) is 98.5 Å². The fourth-order valence-electron chi connectivity index (χ4n) is 3.39. The molecule has 1 aliphatic rings. The fraction of sp³-hybridized carbons (Fsp3) is 0.120. The fourth-order valence-corrected chi connectivity index (χ4v) is 3.39. The van der Waals surface area contributed by atoms with Gasteiger partial charge in [0.05, 0.1) is 5.92 Å². The first kappa shape index (κ1) is 20.0. The van der Waals surface area contributed by atoms with Crippen LogP contribution in [0.2, 0.25) is 0 Å². The molecule has 0 saturated heterocycles. The van der Waals surface area contributed by atoms with Crippen molar-refractivity contribution in [3.8, 4) is 17.6 Å². The first-order chi connectivity index (χ1) is 14.9. The number of furan rings is 1. The minimum absolute atomic E-state index is 0.00297. The Balaban J connectivity index is 1.58. The van der Waals surface area contributed by atoms with Gasteiger partial charge in [-0.2, -0.15) is 5.26 Å². The number of esters is 1. The monoisotopic (exact) mass is 412 g/mol. The molecule has 2 heterocycles. The van der Waals surface area contributed by atoms with Gasteiger partial charge in [-0.05, 0) is 43.7 Å². The van der Waals surface area contributed by atoms with Gasteiger partial charge >= 0.3 is 5.97 Å².